The first kappa shape index (κ1) is 19.8. The molecule has 2 aromatic rings. The predicted octanol–water partition coefficient (Wildman–Crippen LogP) is 5.44. The van der Waals surface area contributed by atoms with Gasteiger partial charge in [0.15, 0.2) is 11.5 Å². The fourth-order valence-electron chi connectivity index (χ4n) is 2.53. The van der Waals surface area contributed by atoms with E-state index < -0.39 is 0 Å². The van der Waals surface area contributed by atoms with Crippen molar-refractivity contribution in [3.8, 4) is 11.5 Å². The number of imide groups is 1. The first-order valence-corrected chi connectivity index (χ1v) is 10.0. The van der Waals surface area contributed by atoms with E-state index in [9.17, 15) is 14.7 Å². The molecule has 0 aliphatic carbocycles. The van der Waals surface area contributed by atoms with Crippen LogP contribution in [0.2, 0.25) is 5.02 Å². The number of carbonyl (C=O) groups is 2. The van der Waals surface area contributed by atoms with Crippen molar-refractivity contribution in [2.45, 2.75) is 13.5 Å². The number of aromatic hydroxyl groups is 1. The topological polar surface area (TPSA) is 66.8 Å². The summed E-state index contributed by atoms with van der Waals surface area (Å²) in [5.41, 5.74) is 1.40. The monoisotopic (exact) mass is 467 g/mol. The van der Waals surface area contributed by atoms with Gasteiger partial charge in [-0.3, -0.25) is 14.5 Å². The molecule has 0 saturated carbocycles. The molecular formula is C19H15BrClNO4S. The molecule has 0 radical (unpaired) electrons. The Morgan fingerprint density at radius 1 is 1.30 bits per heavy atom. The molecule has 1 heterocycles. The van der Waals surface area contributed by atoms with Crippen LogP contribution in [0.3, 0.4) is 0 Å². The van der Waals surface area contributed by atoms with Crippen molar-refractivity contribution in [1.29, 1.82) is 0 Å². The normalized spacial score (nSPS) is 15.7. The number of phenolic OH excluding ortho intramolecular Hbond substituents is 1. The molecule has 0 aromatic heterocycles. The predicted molar refractivity (Wildman–Crippen MR) is 110 cm³/mol. The van der Waals surface area contributed by atoms with Crippen LogP contribution in [0.4, 0.5) is 4.79 Å². The fourth-order valence-corrected chi connectivity index (χ4v) is 3.99. The maximum atomic E-state index is 12.7. The van der Waals surface area contributed by atoms with Gasteiger partial charge in [0, 0.05) is 4.47 Å². The van der Waals surface area contributed by atoms with Crippen LogP contribution >= 0.6 is 39.3 Å². The van der Waals surface area contributed by atoms with E-state index in [1.54, 1.807) is 19.1 Å². The molecule has 3 rings (SSSR count). The summed E-state index contributed by atoms with van der Waals surface area (Å²) in [4.78, 5) is 26.5. The second kappa shape index (κ2) is 8.37. The van der Waals surface area contributed by atoms with Crippen molar-refractivity contribution in [3.05, 3.63) is 61.9 Å². The number of halogens is 2. The summed E-state index contributed by atoms with van der Waals surface area (Å²) in [6.07, 6.45) is 1.57. The van der Waals surface area contributed by atoms with Crippen LogP contribution in [0, 0.1) is 0 Å². The largest absolute Gasteiger partial charge is 0.503 e. The van der Waals surface area contributed by atoms with E-state index in [2.05, 4.69) is 15.9 Å². The van der Waals surface area contributed by atoms with Gasteiger partial charge in [0.1, 0.15) is 0 Å². The van der Waals surface area contributed by atoms with Gasteiger partial charge in [0.2, 0.25) is 0 Å². The smallest absolute Gasteiger partial charge is 0.293 e. The summed E-state index contributed by atoms with van der Waals surface area (Å²) in [5, 5.41) is 9.70. The minimum absolute atomic E-state index is 0.111. The van der Waals surface area contributed by atoms with Crippen molar-refractivity contribution in [2.24, 2.45) is 0 Å². The Labute approximate surface area is 174 Å². The van der Waals surface area contributed by atoms with Crippen LogP contribution in [0.25, 0.3) is 6.08 Å². The molecule has 0 spiro atoms. The zero-order valence-electron chi connectivity index (χ0n) is 14.2. The van der Waals surface area contributed by atoms with E-state index >= 15 is 0 Å². The maximum Gasteiger partial charge on any atom is 0.293 e. The number of benzene rings is 2. The van der Waals surface area contributed by atoms with Gasteiger partial charge in [-0.25, -0.2) is 0 Å². The summed E-state index contributed by atoms with van der Waals surface area (Å²) < 4.78 is 6.18. The van der Waals surface area contributed by atoms with Crippen LogP contribution in [0.1, 0.15) is 18.1 Å². The molecule has 0 bridgehead atoms. The molecule has 8 heteroatoms. The fraction of sp³-hybridized carbons (Fsp3) is 0.158. The molecule has 2 amide bonds. The van der Waals surface area contributed by atoms with E-state index in [1.807, 2.05) is 24.3 Å². The lowest BCUT2D eigenvalue weighted by Gasteiger charge is -2.13. The molecule has 1 aliphatic rings. The summed E-state index contributed by atoms with van der Waals surface area (Å²) in [6.45, 7) is 2.33. The van der Waals surface area contributed by atoms with Gasteiger partial charge in [0.25, 0.3) is 11.1 Å². The van der Waals surface area contributed by atoms with Crippen molar-refractivity contribution >= 4 is 56.5 Å². The van der Waals surface area contributed by atoms with E-state index in [0.717, 1.165) is 21.8 Å². The maximum absolute atomic E-state index is 12.7. The number of ether oxygens (including phenoxy) is 1. The number of phenols is 1. The Morgan fingerprint density at radius 2 is 2.04 bits per heavy atom. The third-order valence-corrected chi connectivity index (χ3v) is 5.78. The molecule has 140 valence electrons. The van der Waals surface area contributed by atoms with Crippen LogP contribution < -0.4 is 4.74 Å². The number of rotatable bonds is 5. The number of carbonyl (C=O) groups excluding carboxylic acids is 2. The Balaban J connectivity index is 1.87. The van der Waals surface area contributed by atoms with Crippen molar-refractivity contribution in [3.63, 3.8) is 0 Å². The molecule has 1 saturated heterocycles. The quantitative estimate of drug-likeness (QED) is 0.592. The van der Waals surface area contributed by atoms with E-state index in [-0.39, 0.29) is 39.1 Å². The lowest BCUT2D eigenvalue weighted by Crippen LogP contribution is -2.27. The van der Waals surface area contributed by atoms with Crippen LogP contribution in [0.5, 0.6) is 11.5 Å². The van der Waals surface area contributed by atoms with Gasteiger partial charge in [-0.05, 0) is 54.1 Å². The number of hydrogen-bond donors (Lipinski definition) is 1. The molecule has 27 heavy (non-hydrogen) atoms. The standard InChI is InChI=1S/C19H15BrClNO4S/c1-2-26-15-8-11(7-14(21)17(15)23)9-16-18(24)22(19(25)27-16)10-12-5-3-4-6-13(12)20/h3-9,23H,2,10H2,1H3/b16-9-. The molecule has 1 aliphatic heterocycles. The Hall–Kier alpha value is -1.96. The first-order valence-electron chi connectivity index (χ1n) is 8.04. The molecule has 0 atom stereocenters. The van der Waals surface area contributed by atoms with Crippen molar-refractivity contribution < 1.29 is 19.4 Å². The lowest BCUT2D eigenvalue weighted by molar-refractivity contribution is -0.123. The second-order valence-electron chi connectivity index (χ2n) is 5.64. The third kappa shape index (κ3) is 4.31. The summed E-state index contributed by atoms with van der Waals surface area (Å²) in [6, 6.07) is 10.5. The number of thioether (sulfide) groups is 1. The zero-order chi connectivity index (χ0) is 19.6. The van der Waals surface area contributed by atoms with E-state index in [4.69, 9.17) is 16.3 Å². The summed E-state index contributed by atoms with van der Waals surface area (Å²) in [5.74, 6) is -0.302. The Bertz CT molecular complexity index is 947. The van der Waals surface area contributed by atoms with Crippen LogP contribution in [-0.2, 0) is 11.3 Å². The zero-order valence-corrected chi connectivity index (χ0v) is 17.4. The molecule has 5 nitrogen and oxygen atoms in total. The van der Waals surface area contributed by atoms with Gasteiger partial charge in [-0.2, -0.15) is 0 Å². The van der Waals surface area contributed by atoms with E-state index in [0.29, 0.717) is 12.2 Å². The third-order valence-electron chi connectivity index (χ3n) is 3.81. The summed E-state index contributed by atoms with van der Waals surface area (Å²) in [7, 11) is 0. The van der Waals surface area contributed by atoms with Crippen molar-refractivity contribution in [1.82, 2.24) is 4.90 Å². The van der Waals surface area contributed by atoms with Gasteiger partial charge in [0.05, 0.1) is 23.1 Å². The van der Waals surface area contributed by atoms with E-state index in [1.165, 1.54) is 11.0 Å². The summed E-state index contributed by atoms with van der Waals surface area (Å²) >= 11 is 10.3. The highest BCUT2D eigenvalue weighted by molar-refractivity contribution is 9.10. The van der Waals surface area contributed by atoms with Gasteiger partial charge in [-0.1, -0.05) is 45.7 Å². The molecular weight excluding hydrogens is 454 g/mol. The second-order valence-corrected chi connectivity index (χ2v) is 7.90. The molecule has 0 unspecified atom stereocenters. The molecule has 1 N–H and O–H groups in total. The Morgan fingerprint density at radius 3 is 2.74 bits per heavy atom. The minimum atomic E-state index is -0.372. The van der Waals surface area contributed by atoms with Crippen molar-refractivity contribution in [2.75, 3.05) is 6.61 Å². The average Bonchev–Trinajstić information content (AvgIpc) is 2.88. The average molecular weight is 469 g/mol. The minimum Gasteiger partial charge on any atom is -0.503 e. The molecule has 1 fully saturated rings. The highest BCUT2D eigenvalue weighted by atomic mass is 79.9. The highest BCUT2D eigenvalue weighted by Crippen LogP contribution is 2.38. The van der Waals surface area contributed by atoms with Gasteiger partial charge >= 0.3 is 0 Å². The van der Waals surface area contributed by atoms with Crippen LogP contribution in [-0.4, -0.2) is 27.8 Å². The number of hydrogen-bond acceptors (Lipinski definition) is 5. The lowest BCUT2D eigenvalue weighted by atomic mass is 10.1. The molecule has 2 aromatic carbocycles. The number of amides is 2. The first-order chi connectivity index (χ1) is 12.9. The van der Waals surface area contributed by atoms with Crippen LogP contribution in [0.15, 0.2) is 45.8 Å². The highest BCUT2D eigenvalue weighted by Gasteiger charge is 2.35. The van der Waals surface area contributed by atoms with Gasteiger partial charge in [-0.15, -0.1) is 0 Å². The SMILES string of the molecule is CCOc1cc(/C=C2\SC(=O)N(Cc3ccccc3Br)C2=O)cc(Cl)c1O. The van der Waals surface area contributed by atoms with Gasteiger partial charge < -0.3 is 9.84 Å². The number of nitrogens with zero attached hydrogens (tertiary/aromatic N) is 1. The Kier molecular flexibility index (Phi) is 6.14.